The minimum Gasteiger partial charge on any atom is -0.352 e. The van der Waals surface area contributed by atoms with Crippen molar-refractivity contribution in [2.24, 2.45) is 5.41 Å². The molecule has 1 saturated heterocycles. The number of nitrogens with zero attached hydrogens (tertiary/aromatic N) is 1. The van der Waals surface area contributed by atoms with Crippen molar-refractivity contribution in [2.75, 3.05) is 4.90 Å². The third-order valence-electron chi connectivity index (χ3n) is 8.28. The highest BCUT2D eigenvalue weighted by Gasteiger charge is 2.71. The summed E-state index contributed by atoms with van der Waals surface area (Å²) in [6.07, 6.45) is 3.79. The molecule has 184 valence electrons. The van der Waals surface area contributed by atoms with Crippen LogP contribution in [0.3, 0.4) is 0 Å². The lowest BCUT2D eigenvalue weighted by atomic mass is 9.64. The molecule has 2 aliphatic heterocycles. The van der Waals surface area contributed by atoms with Gasteiger partial charge in [0.1, 0.15) is 17.3 Å². The number of halogens is 1. The normalized spacial score (nSPS) is 22.3. The average molecular weight is 500 g/mol. The number of para-hydroxylation sites is 1. The molecule has 0 radical (unpaired) electrons. The predicted octanol–water partition coefficient (Wildman–Crippen LogP) is 6.14. The number of hydrogen-bond donors (Lipinski definition) is 0. The fourth-order valence-electron chi connectivity index (χ4n) is 6.77. The number of carbonyl (C=O) groups excluding carboxylic acids is 3. The van der Waals surface area contributed by atoms with Gasteiger partial charge in [0, 0.05) is 22.7 Å². The fourth-order valence-corrected chi connectivity index (χ4v) is 6.77. The van der Waals surface area contributed by atoms with Crippen LogP contribution in [0.4, 0.5) is 10.1 Å². The van der Waals surface area contributed by atoms with E-state index in [0.717, 1.165) is 11.3 Å². The number of fused-ring (bicyclic) bond motifs is 5. The summed E-state index contributed by atoms with van der Waals surface area (Å²) < 4.78 is 15.1. The Morgan fingerprint density at radius 3 is 2.05 bits per heavy atom. The highest BCUT2D eigenvalue weighted by molar-refractivity contribution is 6.32. The molecule has 1 fully saturated rings. The Kier molecular flexibility index (Phi) is 4.86. The molecule has 0 N–H and O–H groups in total. The van der Waals surface area contributed by atoms with E-state index in [0.29, 0.717) is 16.7 Å². The first kappa shape index (κ1) is 22.5. The molecule has 0 unspecified atom stereocenters. The molecule has 0 aromatic heterocycles. The van der Waals surface area contributed by atoms with Crippen LogP contribution in [0.5, 0.6) is 0 Å². The molecule has 3 atom stereocenters. The zero-order valence-corrected chi connectivity index (χ0v) is 20.3. The number of hydrogen-bond acceptors (Lipinski definition) is 4. The van der Waals surface area contributed by atoms with Crippen molar-refractivity contribution < 1.29 is 18.8 Å². The monoisotopic (exact) mass is 499 g/mol. The van der Waals surface area contributed by atoms with E-state index in [-0.39, 0.29) is 17.1 Å². The summed E-state index contributed by atoms with van der Waals surface area (Å²) in [6, 6.07) is 27.9. The van der Waals surface area contributed by atoms with Crippen molar-refractivity contribution in [3.63, 3.8) is 0 Å². The average Bonchev–Trinajstić information content (AvgIpc) is 3.40. The third kappa shape index (κ3) is 2.81. The van der Waals surface area contributed by atoms with Gasteiger partial charge < -0.3 is 4.90 Å². The summed E-state index contributed by atoms with van der Waals surface area (Å²) in [4.78, 5) is 45.3. The van der Waals surface area contributed by atoms with Gasteiger partial charge in [-0.2, -0.15) is 0 Å². The standard InChI is InChI=1S/C33H22FNO3/c34-25-16-8-7-15-24(25)30(36)29-28(21-11-2-1-3-12-21)33(31(37)22-13-5-6-14-23(22)32(33)38)27-19-18-20-10-4-9-17-26(20)35(27)29/h1-19,27-29H/t27-,28+,29+/m1/s1. The Hall–Kier alpha value is -4.64. The zero-order chi connectivity index (χ0) is 26.0. The highest BCUT2D eigenvalue weighted by atomic mass is 19.1. The van der Waals surface area contributed by atoms with Crippen LogP contribution in [0.15, 0.2) is 109 Å². The van der Waals surface area contributed by atoms with Crippen molar-refractivity contribution in [3.05, 3.63) is 143 Å². The van der Waals surface area contributed by atoms with Gasteiger partial charge in [-0.3, -0.25) is 14.4 Å². The quantitative estimate of drug-likeness (QED) is 0.251. The molecule has 0 amide bonds. The number of rotatable bonds is 3. The summed E-state index contributed by atoms with van der Waals surface area (Å²) in [5, 5.41) is 0. The van der Waals surface area contributed by atoms with Crippen LogP contribution >= 0.6 is 0 Å². The number of anilines is 1. The van der Waals surface area contributed by atoms with E-state index in [1.165, 1.54) is 12.1 Å². The Bertz CT molecular complexity index is 1640. The molecule has 0 bridgehead atoms. The molecular weight excluding hydrogens is 477 g/mol. The van der Waals surface area contributed by atoms with Gasteiger partial charge in [0.05, 0.1) is 11.6 Å². The van der Waals surface area contributed by atoms with E-state index < -0.39 is 35.0 Å². The van der Waals surface area contributed by atoms with Crippen LogP contribution < -0.4 is 4.90 Å². The van der Waals surface area contributed by atoms with E-state index in [2.05, 4.69) is 0 Å². The Morgan fingerprint density at radius 2 is 1.34 bits per heavy atom. The summed E-state index contributed by atoms with van der Waals surface area (Å²) in [5.41, 5.74) is 1.39. The van der Waals surface area contributed by atoms with Crippen LogP contribution in [0.1, 0.15) is 48.1 Å². The maximum absolute atomic E-state index is 15.1. The lowest BCUT2D eigenvalue weighted by Crippen LogP contribution is -2.48. The molecule has 4 aromatic carbocycles. The highest BCUT2D eigenvalue weighted by Crippen LogP contribution is 2.60. The maximum atomic E-state index is 15.1. The smallest absolute Gasteiger partial charge is 0.188 e. The molecule has 0 saturated carbocycles. The first-order chi connectivity index (χ1) is 18.5. The van der Waals surface area contributed by atoms with E-state index in [9.17, 15) is 14.4 Å². The van der Waals surface area contributed by atoms with Crippen molar-refractivity contribution in [3.8, 4) is 0 Å². The summed E-state index contributed by atoms with van der Waals surface area (Å²) in [6.45, 7) is 0. The lowest BCUT2D eigenvalue weighted by Gasteiger charge is -2.37. The number of Topliss-reactive ketones (excluding diaryl/α,β-unsaturated/α-hetero) is 3. The molecule has 3 aliphatic rings. The van der Waals surface area contributed by atoms with Crippen molar-refractivity contribution in [1.29, 1.82) is 0 Å². The van der Waals surface area contributed by atoms with Crippen LogP contribution in [0, 0.1) is 11.2 Å². The van der Waals surface area contributed by atoms with E-state index in [1.54, 1.807) is 36.4 Å². The number of carbonyl (C=O) groups is 3. The second-order valence-electron chi connectivity index (χ2n) is 10.0. The summed E-state index contributed by atoms with van der Waals surface area (Å²) >= 11 is 0. The Morgan fingerprint density at radius 1 is 0.737 bits per heavy atom. The first-order valence-electron chi connectivity index (χ1n) is 12.6. The van der Waals surface area contributed by atoms with Gasteiger partial charge in [-0.25, -0.2) is 4.39 Å². The van der Waals surface area contributed by atoms with Crippen LogP contribution in [-0.2, 0) is 0 Å². The predicted molar refractivity (Wildman–Crippen MR) is 143 cm³/mol. The first-order valence-corrected chi connectivity index (χ1v) is 12.6. The van der Waals surface area contributed by atoms with Gasteiger partial charge in [-0.05, 0) is 29.3 Å². The summed E-state index contributed by atoms with van der Waals surface area (Å²) in [5.74, 6) is -2.52. The fraction of sp³-hybridized carbons (Fsp3) is 0.121. The van der Waals surface area contributed by atoms with Crippen molar-refractivity contribution >= 4 is 29.1 Å². The van der Waals surface area contributed by atoms with Crippen LogP contribution in [0.2, 0.25) is 0 Å². The maximum Gasteiger partial charge on any atom is 0.188 e. The molecule has 1 aliphatic carbocycles. The van der Waals surface area contributed by atoms with Crippen LogP contribution in [0.25, 0.3) is 6.08 Å². The van der Waals surface area contributed by atoms with E-state index >= 15 is 4.39 Å². The Balaban J connectivity index is 1.56. The minimum absolute atomic E-state index is 0.0586. The topological polar surface area (TPSA) is 54.5 Å². The van der Waals surface area contributed by atoms with Gasteiger partial charge in [-0.1, -0.05) is 97.1 Å². The van der Waals surface area contributed by atoms with E-state index in [1.807, 2.05) is 71.6 Å². The third-order valence-corrected chi connectivity index (χ3v) is 8.28. The molecule has 5 heteroatoms. The second-order valence-corrected chi connectivity index (χ2v) is 10.0. The van der Waals surface area contributed by atoms with Gasteiger partial charge in [-0.15, -0.1) is 0 Å². The largest absolute Gasteiger partial charge is 0.352 e. The lowest BCUT2D eigenvalue weighted by molar-refractivity contribution is 0.0666. The molecule has 38 heavy (non-hydrogen) atoms. The minimum atomic E-state index is -1.58. The second kappa shape index (κ2) is 8.18. The summed E-state index contributed by atoms with van der Waals surface area (Å²) in [7, 11) is 0. The molecule has 4 aromatic rings. The van der Waals surface area contributed by atoms with E-state index in [4.69, 9.17) is 0 Å². The Labute approximate surface area is 219 Å². The SMILES string of the molecule is O=C(c1ccccc1F)[C@@H]1[C@H](c2ccccc2)C2(C(=O)c3ccccc3C2=O)[C@H]2C=Cc3ccccc3N12. The number of ketones is 3. The number of benzene rings is 4. The van der Waals surface area contributed by atoms with Gasteiger partial charge in [0.25, 0.3) is 0 Å². The molecular formula is C33H22FNO3. The molecule has 2 heterocycles. The molecule has 1 spiro atoms. The zero-order valence-electron chi connectivity index (χ0n) is 20.3. The van der Waals surface area contributed by atoms with Crippen LogP contribution in [-0.4, -0.2) is 29.4 Å². The van der Waals surface area contributed by atoms with Gasteiger partial charge in [0.2, 0.25) is 0 Å². The van der Waals surface area contributed by atoms with Crippen molar-refractivity contribution in [1.82, 2.24) is 0 Å². The van der Waals surface area contributed by atoms with Crippen molar-refractivity contribution in [2.45, 2.75) is 18.0 Å². The molecule has 7 rings (SSSR count). The molecule has 4 nitrogen and oxygen atoms in total. The van der Waals surface area contributed by atoms with Gasteiger partial charge >= 0.3 is 0 Å². The van der Waals surface area contributed by atoms with Gasteiger partial charge in [0.15, 0.2) is 17.3 Å².